The highest BCUT2D eigenvalue weighted by atomic mass is 32.1. The van der Waals surface area contributed by atoms with Gasteiger partial charge in [-0.15, -0.1) is 11.3 Å². The molecule has 0 fully saturated rings. The molecule has 2 heterocycles. The lowest BCUT2D eigenvalue weighted by Crippen LogP contribution is -2.26. The van der Waals surface area contributed by atoms with Crippen molar-refractivity contribution in [1.29, 1.82) is 0 Å². The molecule has 0 radical (unpaired) electrons. The predicted molar refractivity (Wildman–Crippen MR) is 94.2 cm³/mol. The zero-order chi connectivity index (χ0) is 17.8. The molecule has 1 amide bonds. The highest BCUT2D eigenvalue weighted by Gasteiger charge is 2.12. The van der Waals surface area contributed by atoms with Crippen molar-refractivity contribution in [3.63, 3.8) is 0 Å². The molecule has 6 nitrogen and oxygen atoms in total. The molecule has 0 aliphatic heterocycles. The van der Waals surface area contributed by atoms with Crippen LogP contribution in [0, 0.1) is 5.82 Å². The Morgan fingerprint density at radius 2 is 2.00 bits per heavy atom. The van der Waals surface area contributed by atoms with Gasteiger partial charge in [-0.25, -0.2) is 14.1 Å². The van der Waals surface area contributed by atoms with E-state index in [1.165, 1.54) is 40.3 Å². The lowest BCUT2D eigenvalue weighted by atomic mass is 10.2. The van der Waals surface area contributed by atoms with Gasteiger partial charge in [-0.3, -0.25) is 14.9 Å². The first-order valence-electron chi connectivity index (χ1n) is 7.68. The summed E-state index contributed by atoms with van der Waals surface area (Å²) in [6, 6.07) is 8.67. The molecule has 8 heteroatoms. The molecule has 128 valence electrons. The Morgan fingerprint density at radius 3 is 2.72 bits per heavy atom. The first-order chi connectivity index (χ1) is 12.1. The van der Waals surface area contributed by atoms with Gasteiger partial charge in [-0.05, 0) is 36.8 Å². The van der Waals surface area contributed by atoms with Gasteiger partial charge in [0.15, 0.2) is 5.13 Å². The number of halogens is 1. The fourth-order valence-electron chi connectivity index (χ4n) is 2.19. The van der Waals surface area contributed by atoms with E-state index in [0.717, 1.165) is 12.0 Å². The SMILES string of the molecule is CCCn1nc(C(=O)Nc2nc(-c3ccc(F)cc3)cs2)ccc1=O. The van der Waals surface area contributed by atoms with Crippen molar-refractivity contribution >= 4 is 22.4 Å². The molecule has 0 unspecified atom stereocenters. The molecule has 0 saturated carbocycles. The van der Waals surface area contributed by atoms with Gasteiger partial charge in [0.2, 0.25) is 0 Å². The van der Waals surface area contributed by atoms with Crippen LogP contribution in [0.4, 0.5) is 9.52 Å². The standard InChI is InChI=1S/C17H15FN4O2S/c1-2-9-22-15(23)8-7-13(21-22)16(24)20-17-19-14(10-25-17)11-3-5-12(18)6-4-11/h3-8,10H,2,9H2,1H3,(H,19,20,24). The van der Waals surface area contributed by atoms with Crippen LogP contribution in [0.15, 0.2) is 46.6 Å². The van der Waals surface area contributed by atoms with E-state index in [1.807, 2.05) is 6.92 Å². The van der Waals surface area contributed by atoms with E-state index in [-0.39, 0.29) is 17.1 Å². The number of anilines is 1. The Morgan fingerprint density at radius 1 is 1.24 bits per heavy atom. The molecule has 3 rings (SSSR count). The maximum absolute atomic E-state index is 13.0. The van der Waals surface area contributed by atoms with Gasteiger partial charge in [-0.1, -0.05) is 6.92 Å². The number of carbonyl (C=O) groups excluding carboxylic acids is 1. The molecular formula is C17H15FN4O2S. The van der Waals surface area contributed by atoms with Gasteiger partial charge in [0, 0.05) is 23.6 Å². The minimum Gasteiger partial charge on any atom is -0.296 e. The molecule has 1 N–H and O–H groups in total. The summed E-state index contributed by atoms with van der Waals surface area (Å²) in [5, 5.41) is 8.90. The number of carbonyl (C=O) groups is 1. The zero-order valence-electron chi connectivity index (χ0n) is 13.4. The van der Waals surface area contributed by atoms with Crippen LogP contribution in [-0.4, -0.2) is 20.7 Å². The third-order valence-electron chi connectivity index (χ3n) is 3.40. The Hall–Kier alpha value is -2.87. The van der Waals surface area contributed by atoms with Crippen molar-refractivity contribution in [3.8, 4) is 11.3 Å². The lowest BCUT2D eigenvalue weighted by Gasteiger charge is -2.05. The van der Waals surface area contributed by atoms with Gasteiger partial charge in [-0.2, -0.15) is 5.10 Å². The van der Waals surface area contributed by atoms with E-state index in [4.69, 9.17) is 0 Å². The quantitative estimate of drug-likeness (QED) is 0.760. The number of nitrogens with zero attached hydrogens (tertiary/aromatic N) is 3. The lowest BCUT2D eigenvalue weighted by molar-refractivity contribution is 0.101. The van der Waals surface area contributed by atoms with Crippen molar-refractivity contribution in [2.24, 2.45) is 0 Å². The second-order valence-electron chi connectivity index (χ2n) is 5.28. The average Bonchev–Trinajstić information content (AvgIpc) is 3.06. The Kier molecular flexibility index (Phi) is 4.99. The highest BCUT2D eigenvalue weighted by Crippen LogP contribution is 2.25. The zero-order valence-corrected chi connectivity index (χ0v) is 14.2. The number of aryl methyl sites for hydroxylation is 1. The van der Waals surface area contributed by atoms with Crippen LogP contribution < -0.4 is 10.9 Å². The molecule has 0 bridgehead atoms. The molecule has 0 spiro atoms. The second-order valence-corrected chi connectivity index (χ2v) is 6.14. The predicted octanol–water partition coefficient (Wildman–Crippen LogP) is 3.17. The topological polar surface area (TPSA) is 76.9 Å². The summed E-state index contributed by atoms with van der Waals surface area (Å²) >= 11 is 1.26. The number of aromatic nitrogens is 3. The summed E-state index contributed by atoms with van der Waals surface area (Å²) in [5.74, 6) is -0.759. The first kappa shape index (κ1) is 17.0. The van der Waals surface area contributed by atoms with Crippen molar-refractivity contribution in [3.05, 3.63) is 63.6 Å². The maximum atomic E-state index is 13.0. The molecule has 0 saturated heterocycles. The van der Waals surface area contributed by atoms with Crippen LogP contribution in [0.5, 0.6) is 0 Å². The first-order valence-corrected chi connectivity index (χ1v) is 8.56. The minimum absolute atomic E-state index is 0.145. The van der Waals surface area contributed by atoms with Crippen molar-refractivity contribution in [2.75, 3.05) is 5.32 Å². The van der Waals surface area contributed by atoms with E-state index in [0.29, 0.717) is 17.4 Å². The minimum atomic E-state index is -0.440. The molecule has 0 atom stereocenters. The summed E-state index contributed by atoms with van der Waals surface area (Å²) in [4.78, 5) is 28.3. The molecule has 3 aromatic rings. The molecule has 0 aliphatic rings. The normalized spacial score (nSPS) is 10.6. The van der Waals surface area contributed by atoms with Gasteiger partial charge >= 0.3 is 0 Å². The Balaban J connectivity index is 1.76. The van der Waals surface area contributed by atoms with Crippen LogP contribution in [0.1, 0.15) is 23.8 Å². The fraction of sp³-hybridized carbons (Fsp3) is 0.176. The fourth-order valence-corrected chi connectivity index (χ4v) is 2.90. The number of rotatable bonds is 5. The van der Waals surface area contributed by atoms with Crippen LogP contribution in [0.25, 0.3) is 11.3 Å². The maximum Gasteiger partial charge on any atom is 0.277 e. The molecule has 2 aromatic heterocycles. The van der Waals surface area contributed by atoms with Crippen molar-refractivity contribution in [1.82, 2.24) is 14.8 Å². The smallest absolute Gasteiger partial charge is 0.277 e. The molecular weight excluding hydrogens is 343 g/mol. The Bertz CT molecular complexity index is 950. The highest BCUT2D eigenvalue weighted by molar-refractivity contribution is 7.14. The van der Waals surface area contributed by atoms with Crippen molar-refractivity contribution in [2.45, 2.75) is 19.9 Å². The van der Waals surface area contributed by atoms with Crippen molar-refractivity contribution < 1.29 is 9.18 Å². The Labute approximate surface area is 147 Å². The number of nitrogens with one attached hydrogen (secondary N) is 1. The van der Waals surface area contributed by atoms with Gasteiger partial charge in [0.25, 0.3) is 11.5 Å². The van der Waals surface area contributed by atoms with Crippen LogP contribution >= 0.6 is 11.3 Å². The van der Waals surface area contributed by atoms with E-state index in [9.17, 15) is 14.0 Å². The number of benzene rings is 1. The third kappa shape index (κ3) is 3.97. The van der Waals surface area contributed by atoms with E-state index < -0.39 is 5.91 Å². The second kappa shape index (κ2) is 7.35. The summed E-state index contributed by atoms with van der Waals surface area (Å²) in [5.41, 5.74) is 1.30. The third-order valence-corrected chi connectivity index (χ3v) is 4.16. The monoisotopic (exact) mass is 358 g/mol. The summed E-state index contributed by atoms with van der Waals surface area (Å²) in [7, 11) is 0. The van der Waals surface area contributed by atoms with Gasteiger partial charge in [0.05, 0.1) is 5.69 Å². The number of hydrogen-bond acceptors (Lipinski definition) is 5. The number of hydrogen-bond donors (Lipinski definition) is 1. The summed E-state index contributed by atoms with van der Waals surface area (Å²) in [6.07, 6.45) is 0.742. The van der Waals surface area contributed by atoms with Gasteiger partial charge < -0.3 is 0 Å². The van der Waals surface area contributed by atoms with E-state index >= 15 is 0 Å². The average molecular weight is 358 g/mol. The largest absolute Gasteiger partial charge is 0.296 e. The summed E-state index contributed by atoms with van der Waals surface area (Å²) < 4.78 is 14.2. The molecule has 1 aromatic carbocycles. The molecule has 25 heavy (non-hydrogen) atoms. The van der Waals surface area contributed by atoms with E-state index in [1.54, 1.807) is 17.5 Å². The number of thiazole rings is 1. The number of amides is 1. The van der Waals surface area contributed by atoms with E-state index in [2.05, 4.69) is 15.4 Å². The van der Waals surface area contributed by atoms with Gasteiger partial charge in [0.1, 0.15) is 11.5 Å². The van der Waals surface area contributed by atoms with Crippen LogP contribution in [-0.2, 0) is 6.54 Å². The van der Waals surface area contributed by atoms with Crippen LogP contribution in [0.2, 0.25) is 0 Å². The van der Waals surface area contributed by atoms with Crippen LogP contribution in [0.3, 0.4) is 0 Å². The molecule has 0 aliphatic carbocycles. The summed E-state index contributed by atoms with van der Waals surface area (Å²) in [6.45, 7) is 2.37.